The van der Waals surface area contributed by atoms with Crippen LogP contribution >= 0.6 is 0 Å². The minimum Gasteiger partial charge on any atom is -0.358 e. The van der Waals surface area contributed by atoms with E-state index in [1.54, 1.807) is 0 Å². The molecule has 5 heterocycles. The first-order valence-corrected chi connectivity index (χ1v) is 19.9. The van der Waals surface area contributed by atoms with Gasteiger partial charge in [0.05, 0.1) is 33.6 Å². The molecule has 0 atom stereocenters. The highest BCUT2D eigenvalue weighted by molar-refractivity contribution is 6.22. The summed E-state index contributed by atoms with van der Waals surface area (Å²) in [7, 11) is 0. The lowest BCUT2D eigenvalue weighted by atomic mass is 9.70. The number of nitrogens with one attached hydrogen (secondary N) is 2. The molecule has 0 radical (unpaired) electrons. The Morgan fingerprint density at radius 1 is 0.458 bits per heavy atom. The molecule has 3 aliphatic heterocycles. The quantitative estimate of drug-likeness (QED) is 0.162. The minimum absolute atomic E-state index is 0.0873. The molecule has 2 aromatic rings. The van der Waals surface area contributed by atoms with E-state index in [-0.39, 0.29) is 10.8 Å². The number of hydrogen-bond donors (Lipinski definition) is 2. The van der Waals surface area contributed by atoms with Crippen molar-refractivity contribution in [1.82, 2.24) is 9.97 Å². The lowest BCUT2D eigenvalue weighted by Crippen LogP contribution is -2.37. The second kappa shape index (κ2) is 17.0. The van der Waals surface area contributed by atoms with E-state index in [9.17, 15) is 0 Å². The number of H-pyrrole nitrogens is 2. The fraction of sp³-hybridized carbons (Fsp3) is 0.591. The van der Waals surface area contributed by atoms with Gasteiger partial charge in [0, 0.05) is 33.9 Å². The summed E-state index contributed by atoms with van der Waals surface area (Å²) >= 11 is 0. The number of fused-ring (bicyclic) bond motifs is 6. The first-order chi connectivity index (χ1) is 23.5. The number of aliphatic imine (C=N–C) groups is 2. The third-order valence-corrected chi connectivity index (χ3v) is 11.3. The highest BCUT2D eigenvalue weighted by Crippen LogP contribution is 2.45. The Hall–Kier alpha value is -3.14. The van der Waals surface area contributed by atoms with Gasteiger partial charge in [0.25, 0.3) is 0 Å². The molecule has 0 aliphatic carbocycles. The summed E-state index contributed by atoms with van der Waals surface area (Å²) in [5.41, 5.74) is 12.4. The lowest BCUT2D eigenvalue weighted by Gasteiger charge is -2.34. The highest BCUT2D eigenvalue weighted by atomic mass is 14.9. The topological polar surface area (TPSA) is 56.3 Å². The van der Waals surface area contributed by atoms with Crippen molar-refractivity contribution in [3.05, 3.63) is 82.7 Å². The van der Waals surface area contributed by atoms with Crippen molar-refractivity contribution in [3.8, 4) is 0 Å². The molecule has 0 saturated heterocycles. The second-order valence-corrected chi connectivity index (χ2v) is 14.7. The number of aromatic amines is 2. The van der Waals surface area contributed by atoms with Crippen LogP contribution in [0.5, 0.6) is 0 Å². The number of nitrogens with zero attached hydrogens (tertiary/aromatic N) is 2. The highest BCUT2D eigenvalue weighted by Gasteiger charge is 2.41. The fourth-order valence-corrected chi connectivity index (χ4v) is 8.29. The van der Waals surface area contributed by atoms with Crippen molar-refractivity contribution in [2.45, 2.75) is 163 Å². The van der Waals surface area contributed by atoms with E-state index in [0.29, 0.717) is 0 Å². The second-order valence-electron chi connectivity index (χ2n) is 14.7. The maximum atomic E-state index is 5.61. The van der Waals surface area contributed by atoms with Crippen LogP contribution in [0.4, 0.5) is 0 Å². The number of unbranched alkanes of at least 4 members (excludes halogenated alkanes) is 6. The molecule has 8 bridgehead atoms. The summed E-state index contributed by atoms with van der Waals surface area (Å²) in [5, 5.41) is 0. The third kappa shape index (κ3) is 7.38. The maximum Gasteiger partial charge on any atom is 0.0686 e. The van der Waals surface area contributed by atoms with Gasteiger partial charge < -0.3 is 9.97 Å². The molecule has 0 aromatic carbocycles. The predicted octanol–water partition coefficient (Wildman–Crippen LogP) is 13.2. The van der Waals surface area contributed by atoms with Crippen LogP contribution < -0.4 is 0 Å². The molecule has 5 rings (SSSR count). The van der Waals surface area contributed by atoms with E-state index in [0.717, 1.165) is 62.8 Å². The Balaban J connectivity index is 1.82. The van der Waals surface area contributed by atoms with Crippen LogP contribution in [0.1, 0.15) is 180 Å². The molecule has 0 saturated carbocycles. The molecule has 0 fully saturated rings. The normalized spacial score (nSPS) is 19.4. The summed E-state index contributed by atoms with van der Waals surface area (Å²) in [6.07, 6.45) is 30.0. The molecule has 2 N–H and O–H groups in total. The molecular formula is C44H64N4. The smallest absolute Gasteiger partial charge is 0.0686 e. The first-order valence-electron chi connectivity index (χ1n) is 19.9. The predicted molar refractivity (Wildman–Crippen MR) is 209 cm³/mol. The van der Waals surface area contributed by atoms with Gasteiger partial charge in [-0.15, -0.1) is 0 Å². The monoisotopic (exact) mass is 649 g/mol. The van der Waals surface area contributed by atoms with Crippen LogP contribution in [0.15, 0.2) is 69.9 Å². The van der Waals surface area contributed by atoms with Gasteiger partial charge in [-0.05, 0) is 99.9 Å². The zero-order chi connectivity index (χ0) is 34.0. The molecule has 0 spiro atoms. The van der Waals surface area contributed by atoms with Gasteiger partial charge in [-0.3, -0.25) is 9.98 Å². The molecule has 0 unspecified atom stereocenters. The molecule has 2 aromatic heterocycles. The molecular weight excluding hydrogens is 585 g/mol. The summed E-state index contributed by atoms with van der Waals surface area (Å²) in [6, 6.07) is 9.56. The van der Waals surface area contributed by atoms with Crippen LogP contribution in [0.2, 0.25) is 0 Å². The van der Waals surface area contributed by atoms with Crippen molar-refractivity contribution in [1.29, 1.82) is 0 Å². The Labute approximate surface area is 292 Å². The van der Waals surface area contributed by atoms with Crippen molar-refractivity contribution in [2.75, 3.05) is 0 Å². The van der Waals surface area contributed by atoms with Crippen LogP contribution in [0.25, 0.3) is 11.1 Å². The standard InChI is InChI=1S/C44H64N4/c1-7-13-19-33-35-21-25-39(45-35)43(29-15-9-3,30-16-10-4)41-27-23-37(47-41)34(20-14-8-2)38-24-28-42(48-38)44(31-17-11-5,32-18-12-6)40-26-22-36(33)46-40/h21-28,45,47H,7-20,29-32H2,1-6H3/b36-33-,38-34?. The average Bonchev–Trinajstić information content (AvgIpc) is 3.94. The van der Waals surface area contributed by atoms with E-state index in [1.165, 1.54) is 110 Å². The van der Waals surface area contributed by atoms with E-state index >= 15 is 0 Å². The lowest BCUT2D eigenvalue weighted by molar-refractivity contribution is 0.389. The Kier molecular flexibility index (Phi) is 12.8. The van der Waals surface area contributed by atoms with Crippen LogP contribution in [-0.2, 0) is 5.41 Å². The van der Waals surface area contributed by atoms with Crippen molar-refractivity contribution < 1.29 is 0 Å². The molecule has 4 heteroatoms. The van der Waals surface area contributed by atoms with Gasteiger partial charge in [0.15, 0.2) is 0 Å². The van der Waals surface area contributed by atoms with Crippen LogP contribution in [0.3, 0.4) is 0 Å². The molecule has 48 heavy (non-hydrogen) atoms. The van der Waals surface area contributed by atoms with Gasteiger partial charge in [0.2, 0.25) is 0 Å². The summed E-state index contributed by atoms with van der Waals surface area (Å²) in [4.78, 5) is 19.4. The summed E-state index contributed by atoms with van der Waals surface area (Å²) < 4.78 is 0. The van der Waals surface area contributed by atoms with Crippen molar-refractivity contribution in [3.63, 3.8) is 0 Å². The van der Waals surface area contributed by atoms with Crippen LogP contribution in [-0.4, -0.2) is 21.4 Å². The SMILES string of the molecule is CCCCC1=C2C=CC(=N2)C(CCCC)(CCCC)C2=N/C(=C(/CCCC)c3ccc([nH]3)C(CCCC)(CCCC)c3ccc1[nH]3)C=C2. The third-order valence-electron chi connectivity index (χ3n) is 11.3. The largest absolute Gasteiger partial charge is 0.358 e. The Bertz CT molecular complexity index is 1430. The zero-order valence-corrected chi connectivity index (χ0v) is 31.2. The first kappa shape index (κ1) is 36.1. The summed E-state index contributed by atoms with van der Waals surface area (Å²) in [5.74, 6) is 0. The van der Waals surface area contributed by atoms with Gasteiger partial charge in [-0.1, -0.05) is 106 Å². The minimum atomic E-state index is -0.178. The average molecular weight is 649 g/mol. The van der Waals surface area contributed by atoms with Crippen LogP contribution in [0, 0.1) is 5.41 Å². The summed E-state index contributed by atoms with van der Waals surface area (Å²) in [6.45, 7) is 13.9. The number of aromatic nitrogens is 2. The van der Waals surface area contributed by atoms with Gasteiger partial charge in [0.1, 0.15) is 0 Å². The van der Waals surface area contributed by atoms with E-state index < -0.39 is 0 Å². The van der Waals surface area contributed by atoms with Gasteiger partial charge >= 0.3 is 0 Å². The molecule has 260 valence electrons. The van der Waals surface area contributed by atoms with E-state index in [4.69, 9.17) is 9.98 Å². The molecule has 0 amide bonds. The van der Waals surface area contributed by atoms with E-state index in [2.05, 4.69) is 100 Å². The molecule has 3 aliphatic rings. The zero-order valence-electron chi connectivity index (χ0n) is 31.2. The number of rotatable bonds is 18. The van der Waals surface area contributed by atoms with Gasteiger partial charge in [-0.2, -0.15) is 0 Å². The number of allylic oxidation sites excluding steroid dienone is 6. The Morgan fingerprint density at radius 2 is 0.833 bits per heavy atom. The van der Waals surface area contributed by atoms with Crippen molar-refractivity contribution >= 4 is 22.6 Å². The molecule has 4 nitrogen and oxygen atoms in total. The number of hydrogen-bond acceptors (Lipinski definition) is 2. The fourth-order valence-electron chi connectivity index (χ4n) is 8.29. The maximum absolute atomic E-state index is 5.61. The van der Waals surface area contributed by atoms with Crippen molar-refractivity contribution in [2.24, 2.45) is 15.4 Å². The van der Waals surface area contributed by atoms with Gasteiger partial charge in [-0.25, -0.2) is 0 Å². The van der Waals surface area contributed by atoms with E-state index in [1.807, 2.05) is 0 Å². The Morgan fingerprint density at radius 3 is 1.21 bits per heavy atom.